The lowest BCUT2D eigenvalue weighted by molar-refractivity contribution is 0.220. The predicted octanol–water partition coefficient (Wildman–Crippen LogP) is 6.74. The number of phenolic OH excluding ortho intramolecular Hbond substituents is 1. The van der Waals surface area contributed by atoms with Crippen LogP contribution in [0.2, 0.25) is 0 Å². The van der Waals surface area contributed by atoms with Crippen molar-refractivity contribution < 1.29 is 10.2 Å². The molecule has 150 valence electrons. The van der Waals surface area contributed by atoms with Gasteiger partial charge in [-0.2, -0.15) is 0 Å². The van der Waals surface area contributed by atoms with Crippen molar-refractivity contribution in [2.24, 2.45) is 5.92 Å². The Labute approximate surface area is 176 Å². The number of fused-ring (bicyclic) bond motifs is 1. The van der Waals surface area contributed by atoms with E-state index in [2.05, 4.69) is 24.3 Å². The van der Waals surface area contributed by atoms with Crippen LogP contribution in [0.15, 0.2) is 46.9 Å². The van der Waals surface area contributed by atoms with Crippen LogP contribution in [0.3, 0.4) is 0 Å². The Kier molecular flexibility index (Phi) is 5.09. The van der Waals surface area contributed by atoms with Crippen molar-refractivity contribution in [2.45, 2.75) is 84.0 Å². The molecule has 0 spiro atoms. The minimum Gasteiger partial charge on any atom is -0.507 e. The summed E-state index contributed by atoms with van der Waals surface area (Å²) in [4.78, 5) is 0.0874. The van der Waals surface area contributed by atoms with E-state index in [1.54, 1.807) is 23.5 Å². The minimum atomic E-state index is -0.830. The van der Waals surface area contributed by atoms with E-state index < -0.39 is 4.93 Å². The SMILES string of the molecule is Oc1ccc(C2CCCCC2)cc1SC12C=C(C3CCCCC3)C=CC1(O)S2. The molecule has 1 heterocycles. The van der Waals surface area contributed by atoms with Crippen molar-refractivity contribution in [3.63, 3.8) is 0 Å². The number of rotatable bonds is 4. The van der Waals surface area contributed by atoms with Crippen molar-refractivity contribution in [3.05, 3.63) is 47.6 Å². The van der Waals surface area contributed by atoms with Crippen molar-refractivity contribution in [3.8, 4) is 5.75 Å². The Hall–Kier alpha value is -0.840. The van der Waals surface area contributed by atoms with Crippen LogP contribution < -0.4 is 0 Å². The van der Waals surface area contributed by atoms with E-state index in [1.807, 2.05) is 12.1 Å². The summed E-state index contributed by atoms with van der Waals surface area (Å²) in [5.74, 6) is 1.60. The molecule has 2 N–H and O–H groups in total. The number of phenols is 1. The maximum atomic E-state index is 11.0. The fourth-order valence-corrected chi connectivity index (χ4v) is 8.16. The fraction of sp³-hybridized carbons (Fsp3) is 0.583. The summed E-state index contributed by atoms with van der Waals surface area (Å²) in [7, 11) is 0. The molecule has 0 amide bonds. The third-order valence-corrected chi connectivity index (χ3v) is 10.2. The standard InChI is InChI=1S/C24H30O2S2/c25-21-12-11-19(17-7-3-1-4-8-17)15-22(21)27-24-16-20(13-14-23(24,26)28-24)18-9-5-2-6-10-18/h11-18,25-26H,1-10H2. The van der Waals surface area contributed by atoms with Crippen molar-refractivity contribution in [2.75, 3.05) is 0 Å². The van der Waals surface area contributed by atoms with Gasteiger partial charge in [-0.25, -0.2) is 0 Å². The van der Waals surface area contributed by atoms with Crippen LogP contribution in [0.25, 0.3) is 0 Å². The zero-order valence-corrected chi connectivity index (χ0v) is 18.0. The number of allylic oxidation sites excluding steroid dienone is 2. The van der Waals surface area contributed by atoms with Gasteiger partial charge in [0, 0.05) is 0 Å². The van der Waals surface area contributed by atoms with Crippen LogP contribution in [0.1, 0.15) is 75.7 Å². The van der Waals surface area contributed by atoms with Crippen molar-refractivity contribution in [1.82, 2.24) is 0 Å². The molecule has 2 saturated carbocycles. The monoisotopic (exact) mass is 414 g/mol. The number of benzene rings is 1. The van der Waals surface area contributed by atoms with Crippen molar-refractivity contribution >= 4 is 23.5 Å². The van der Waals surface area contributed by atoms with E-state index >= 15 is 0 Å². The number of aromatic hydroxyl groups is 1. The zero-order chi connectivity index (χ0) is 19.2. The molecule has 5 rings (SSSR count). The summed E-state index contributed by atoms with van der Waals surface area (Å²) in [5, 5.41) is 21.6. The average molecular weight is 415 g/mol. The van der Waals surface area contributed by atoms with Gasteiger partial charge in [-0.15, -0.1) is 0 Å². The Morgan fingerprint density at radius 1 is 0.929 bits per heavy atom. The highest BCUT2D eigenvalue weighted by Gasteiger charge is 2.68. The van der Waals surface area contributed by atoms with E-state index in [1.165, 1.54) is 75.3 Å². The first kappa shape index (κ1) is 19.1. The molecule has 1 aromatic rings. The van der Waals surface area contributed by atoms with Gasteiger partial charge in [0.25, 0.3) is 0 Å². The van der Waals surface area contributed by atoms with Gasteiger partial charge < -0.3 is 10.2 Å². The lowest BCUT2D eigenvalue weighted by Crippen LogP contribution is -2.23. The van der Waals surface area contributed by atoms with E-state index in [-0.39, 0.29) is 4.08 Å². The molecule has 0 radical (unpaired) electrons. The van der Waals surface area contributed by atoms with Crippen LogP contribution in [-0.4, -0.2) is 19.2 Å². The minimum absolute atomic E-state index is 0.343. The molecule has 1 aliphatic heterocycles. The first-order valence-electron chi connectivity index (χ1n) is 11.0. The van der Waals surface area contributed by atoms with E-state index in [4.69, 9.17) is 0 Å². The lowest BCUT2D eigenvalue weighted by Gasteiger charge is -2.27. The lowest BCUT2D eigenvalue weighted by atomic mass is 9.82. The quantitative estimate of drug-likeness (QED) is 0.535. The van der Waals surface area contributed by atoms with E-state index in [0.717, 1.165) is 4.90 Å². The zero-order valence-electron chi connectivity index (χ0n) is 16.4. The summed E-state index contributed by atoms with van der Waals surface area (Å²) in [6.45, 7) is 0. The molecule has 2 atom stereocenters. The highest BCUT2D eigenvalue weighted by atomic mass is 32.2. The Morgan fingerprint density at radius 3 is 2.32 bits per heavy atom. The summed E-state index contributed by atoms with van der Waals surface area (Å²) in [6.07, 6.45) is 19.5. The first-order valence-corrected chi connectivity index (χ1v) is 12.6. The Bertz CT molecular complexity index is 805. The number of thioether (sulfide) groups is 2. The molecule has 1 saturated heterocycles. The number of hydrogen-bond donors (Lipinski definition) is 2. The van der Waals surface area contributed by atoms with Gasteiger partial charge in [0.1, 0.15) is 9.83 Å². The topological polar surface area (TPSA) is 40.5 Å². The van der Waals surface area contributed by atoms with E-state index in [9.17, 15) is 10.2 Å². The average Bonchev–Trinajstić information content (AvgIpc) is 3.35. The van der Waals surface area contributed by atoms with Gasteiger partial charge in [0.15, 0.2) is 4.93 Å². The highest BCUT2D eigenvalue weighted by molar-refractivity contribution is 8.26. The second-order valence-corrected chi connectivity index (χ2v) is 12.0. The van der Waals surface area contributed by atoms with Gasteiger partial charge >= 0.3 is 0 Å². The molecule has 4 heteroatoms. The van der Waals surface area contributed by atoms with Crippen molar-refractivity contribution in [1.29, 1.82) is 0 Å². The summed E-state index contributed by atoms with van der Waals surface area (Å²) >= 11 is 3.25. The summed E-state index contributed by atoms with van der Waals surface area (Å²) in [6, 6.07) is 6.15. The largest absolute Gasteiger partial charge is 0.507 e. The molecule has 4 aliphatic rings. The molecule has 2 nitrogen and oxygen atoms in total. The molecular formula is C24H30O2S2. The second-order valence-electron chi connectivity index (χ2n) is 8.94. The highest BCUT2D eigenvalue weighted by Crippen LogP contribution is 2.73. The van der Waals surface area contributed by atoms with Gasteiger partial charge in [-0.05, 0) is 66.9 Å². The van der Waals surface area contributed by atoms with Gasteiger partial charge in [0.2, 0.25) is 0 Å². The molecule has 0 aromatic heterocycles. The van der Waals surface area contributed by atoms with Crippen LogP contribution in [-0.2, 0) is 0 Å². The molecule has 3 aliphatic carbocycles. The molecule has 0 bridgehead atoms. The predicted molar refractivity (Wildman–Crippen MR) is 119 cm³/mol. The normalized spacial score (nSPS) is 33.4. The molecular weight excluding hydrogens is 384 g/mol. The molecule has 1 aromatic carbocycles. The Balaban J connectivity index is 1.40. The van der Waals surface area contributed by atoms with Crippen LogP contribution in [0.5, 0.6) is 5.75 Å². The molecule has 28 heavy (non-hydrogen) atoms. The molecule has 2 unspecified atom stereocenters. The van der Waals surface area contributed by atoms with E-state index in [0.29, 0.717) is 17.6 Å². The molecule has 3 fully saturated rings. The second kappa shape index (κ2) is 7.45. The number of aliphatic hydroxyl groups is 1. The first-order chi connectivity index (χ1) is 13.6. The van der Waals surface area contributed by atoms with Gasteiger partial charge in [0.05, 0.1) is 4.90 Å². The number of hydrogen-bond acceptors (Lipinski definition) is 4. The maximum absolute atomic E-state index is 11.0. The van der Waals surface area contributed by atoms with Crippen LogP contribution >= 0.6 is 23.5 Å². The summed E-state index contributed by atoms with van der Waals surface area (Å²) in [5.41, 5.74) is 2.75. The summed E-state index contributed by atoms with van der Waals surface area (Å²) < 4.78 is -0.378. The third-order valence-electron chi connectivity index (χ3n) is 7.02. The third kappa shape index (κ3) is 3.46. The maximum Gasteiger partial charge on any atom is 0.159 e. The van der Waals surface area contributed by atoms with Crippen LogP contribution in [0, 0.1) is 5.92 Å². The van der Waals surface area contributed by atoms with Gasteiger partial charge in [-0.1, -0.05) is 80.3 Å². The van der Waals surface area contributed by atoms with Gasteiger partial charge in [-0.3, -0.25) is 0 Å². The van der Waals surface area contributed by atoms with Crippen LogP contribution in [0.4, 0.5) is 0 Å². The Morgan fingerprint density at radius 2 is 1.61 bits per heavy atom. The smallest absolute Gasteiger partial charge is 0.159 e. The fourth-order valence-electron chi connectivity index (χ4n) is 5.24.